The molecule has 0 unspecified atom stereocenters. The zero-order valence-electron chi connectivity index (χ0n) is 12.7. The molecule has 0 saturated heterocycles. The maximum atomic E-state index is 5.98. The van der Waals surface area contributed by atoms with Crippen LogP contribution in [0.15, 0.2) is 24.5 Å². The number of nitrogens with one attached hydrogen (secondary N) is 1. The van der Waals surface area contributed by atoms with E-state index in [4.69, 9.17) is 4.74 Å². The van der Waals surface area contributed by atoms with Crippen molar-refractivity contribution in [2.75, 3.05) is 12.4 Å². The molecule has 20 heavy (non-hydrogen) atoms. The Kier molecular flexibility index (Phi) is 4.23. The average Bonchev–Trinajstić information content (AvgIpc) is 2.36. The Balaban J connectivity index is 2.42. The zero-order chi connectivity index (χ0) is 14.7. The maximum absolute atomic E-state index is 5.98. The van der Waals surface area contributed by atoms with E-state index < -0.39 is 0 Å². The molecule has 4 nitrogen and oxygen atoms in total. The SMILES string of the molecule is CNc1ncnc(Oc2cc(C)cc(C)c2)c1C(C)C. The largest absolute Gasteiger partial charge is 0.439 e. The minimum atomic E-state index is 0.277. The van der Waals surface area contributed by atoms with Gasteiger partial charge >= 0.3 is 0 Å². The highest BCUT2D eigenvalue weighted by molar-refractivity contribution is 5.51. The van der Waals surface area contributed by atoms with Crippen LogP contribution in [0, 0.1) is 13.8 Å². The first-order valence-corrected chi connectivity index (χ1v) is 6.80. The van der Waals surface area contributed by atoms with Gasteiger partial charge in [-0.3, -0.25) is 0 Å². The van der Waals surface area contributed by atoms with E-state index >= 15 is 0 Å². The summed E-state index contributed by atoms with van der Waals surface area (Å²) in [6, 6.07) is 6.14. The third-order valence-electron chi connectivity index (χ3n) is 3.07. The third kappa shape index (κ3) is 3.07. The van der Waals surface area contributed by atoms with Crippen molar-refractivity contribution in [3.63, 3.8) is 0 Å². The molecule has 1 heterocycles. The maximum Gasteiger partial charge on any atom is 0.227 e. The number of nitrogens with zero attached hydrogens (tertiary/aromatic N) is 2. The monoisotopic (exact) mass is 271 g/mol. The molecule has 0 aliphatic rings. The lowest BCUT2D eigenvalue weighted by Crippen LogP contribution is -2.04. The smallest absolute Gasteiger partial charge is 0.227 e. The molecular formula is C16H21N3O. The zero-order valence-corrected chi connectivity index (χ0v) is 12.7. The molecule has 4 heteroatoms. The summed E-state index contributed by atoms with van der Waals surface area (Å²) in [7, 11) is 1.86. The van der Waals surface area contributed by atoms with Crippen molar-refractivity contribution in [3.8, 4) is 11.6 Å². The number of rotatable bonds is 4. The van der Waals surface area contributed by atoms with Crippen LogP contribution >= 0.6 is 0 Å². The quantitative estimate of drug-likeness (QED) is 0.911. The van der Waals surface area contributed by atoms with Gasteiger partial charge in [0, 0.05) is 7.05 Å². The first kappa shape index (κ1) is 14.3. The van der Waals surface area contributed by atoms with Crippen LogP contribution in [0.1, 0.15) is 36.5 Å². The summed E-state index contributed by atoms with van der Waals surface area (Å²) in [5.74, 6) is 2.52. The molecule has 2 rings (SSSR count). The second-order valence-corrected chi connectivity index (χ2v) is 5.27. The summed E-state index contributed by atoms with van der Waals surface area (Å²) in [6.45, 7) is 8.33. The fourth-order valence-electron chi connectivity index (χ4n) is 2.28. The van der Waals surface area contributed by atoms with Gasteiger partial charge in [-0.1, -0.05) is 19.9 Å². The van der Waals surface area contributed by atoms with E-state index in [0.29, 0.717) is 5.88 Å². The predicted octanol–water partition coefficient (Wildman–Crippen LogP) is 4.05. The minimum Gasteiger partial charge on any atom is -0.439 e. The highest BCUT2D eigenvalue weighted by Crippen LogP contribution is 2.33. The Labute approximate surface area is 120 Å². The number of anilines is 1. The van der Waals surface area contributed by atoms with Crippen LogP contribution in [0.4, 0.5) is 5.82 Å². The van der Waals surface area contributed by atoms with Crippen molar-refractivity contribution >= 4 is 5.82 Å². The van der Waals surface area contributed by atoms with Crippen LogP contribution in [0.2, 0.25) is 0 Å². The van der Waals surface area contributed by atoms with Gasteiger partial charge in [-0.25, -0.2) is 9.97 Å². The Morgan fingerprint density at radius 3 is 2.25 bits per heavy atom. The minimum absolute atomic E-state index is 0.277. The fraction of sp³-hybridized carbons (Fsp3) is 0.375. The summed E-state index contributed by atoms with van der Waals surface area (Å²) in [5.41, 5.74) is 3.34. The van der Waals surface area contributed by atoms with Crippen LogP contribution in [0.5, 0.6) is 11.6 Å². The van der Waals surface area contributed by atoms with Crippen LogP contribution in [0.3, 0.4) is 0 Å². The van der Waals surface area contributed by atoms with E-state index in [2.05, 4.69) is 49.0 Å². The molecular weight excluding hydrogens is 250 g/mol. The van der Waals surface area contributed by atoms with Crippen LogP contribution < -0.4 is 10.1 Å². The van der Waals surface area contributed by atoms with E-state index in [1.165, 1.54) is 17.5 Å². The summed E-state index contributed by atoms with van der Waals surface area (Å²) >= 11 is 0. The Morgan fingerprint density at radius 1 is 1.05 bits per heavy atom. The van der Waals surface area contributed by atoms with Crippen molar-refractivity contribution in [1.82, 2.24) is 9.97 Å². The second-order valence-electron chi connectivity index (χ2n) is 5.27. The molecule has 0 bridgehead atoms. The van der Waals surface area contributed by atoms with E-state index in [-0.39, 0.29) is 5.92 Å². The molecule has 0 spiro atoms. The van der Waals surface area contributed by atoms with Crippen molar-refractivity contribution in [3.05, 3.63) is 41.2 Å². The van der Waals surface area contributed by atoms with Gasteiger partial charge < -0.3 is 10.1 Å². The van der Waals surface area contributed by atoms with Crippen molar-refractivity contribution in [1.29, 1.82) is 0 Å². The molecule has 0 atom stereocenters. The van der Waals surface area contributed by atoms with Crippen LogP contribution in [0.25, 0.3) is 0 Å². The lowest BCUT2D eigenvalue weighted by atomic mass is 10.1. The molecule has 0 amide bonds. The van der Waals surface area contributed by atoms with Crippen LogP contribution in [-0.2, 0) is 0 Å². The highest BCUT2D eigenvalue weighted by Gasteiger charge is 2.16. The highest BCUT2D eigenvalue weighted by atomic mass is 16.5. The number of benzene rings is 1. The normalized spacial score (nSPS) is 10.7. The lowest BCUT2D eigenvalue weighted by molar-refractivity contribution is 0.451. The van der Waals surface area contributed by atoms with E-state index in [1.54, 1.807) is 0 Å². The lowest BCUT2D eigenvalue weighted by Gasteiger charge is -2.16. The van der Waals surface area contributed by atoms with Gasteiger partial charge in [-0.2, -0.15) is 0 Å². The molecule has 0 radical (unpaired) electrons. The third-order valence-corrected chi connectivity index (χ3v) is 3.07. The molecule has 0 saturated carbocycles. The van der Waals surface area contributed by atoms with Crippen molar-refractivity contribution in [2.45, 2.75) is 33.6 Å². The number of aromatic nitrogens is 2. The van der Waals surface area contributed by atoms with Gasteiger partial charge in [-0.05, 0) is 43.0 Å². The molecule has 0 aliphatic heterocycles. The van der Waals surface area contributed by atoms with Gasteiger partial charge in [0.25, 0.3) is 0 Å². The van der Waals surface area contributed by atoms with Gasteiger partial charge in [0.2, 0.25) is 5.88 Å². The molecule has 1 aromatic carbocycles. The van der Waals surface area contributed by atoms with Gasteiger partial charge in [-0.15, -0.1) is 0 Å². The van der Waals surface area contributed by atoms with Crippen molar-refractivity contribution in [2.24, 2.45) is 0 Å². The molecule has 2 aromatic rings. The number of aryl methyl sites for hydroxylation is 2. The molecule has 0 fully saturated rings. The van der Waals surface area contributed by atoms with Gasteiger partial charge in [0.1, 0.15) is 17.9 Å². The predicted molar refractivity (Wildman–Crippen MR) is 81.7 cm³/mol. The number of hydrogen-bond donors (Lipinski definition) is 1. The summed E-state index contributed by atoms with van der Waals surface area (Å²) < 4.78 is 5.98. The van der Waals surface area contributed by atoms with E-state index in [0.717, 1.165) is 17.1 Å². The van der Waals surface area contributed by atoms with Gasteiger partial charge in [0.15, 0.2) is 0 Å². The number of ether oxygens (including phenoxy) is 1. The Hall–Kier alpha value is -2.10. The van der Waals surface area contributed by atoms with Crippen LogP contribution in [-0.4, -0.2) is 17.0 Å². The average molecular weight is 271 g/mol. The summed E-state index contributed by atoms with van der Waals surface area (Å²) in [5, 5.41) is 3.09. The van der Waals surface area contributed by atoms with Gasteiger partial charge in [0.05, 0.1) is 5.56 Å². The molecule has 106 valence electrons. The summed E-state index contributed by atoms with van der Waals surface area (Å²) in [4.78, 5) is 8.54. The topological polar surface area (TPSA) is 47.0 Å². The second kappa shape index (κ2) is 5.90. The first-order valence-electron chi connectivity index (χ1n) is 6.80. The standard InChI is InChI=1S/C16H21N3O/c1-10(2)14-15(17-5)18-9-19-16(14)20-13-7-11(3)6-12(4)8-13/h6-10H,1-5H3,(H,17,18,19). The fourth-order valence-corrected chi connectivity index (χ4v) is 2.28. The molecule has 1 N–H and O–H groups in total. The Bertz CT molecular complexity index is 588. The van der Waals surface area contributed by atoms with E-state index in [9.17, 15) is 0 Å². The molecule has 1 aromatic heterocycles. The Morgan fingerprint density at radius 2 is 1.70 bits per heavy atom. The molecule has 0 aliphatic carbocycles. The van der Waals surface area contributed by atoms with Crippen molar-refractivity contribution < 1.29 is 4.74 Å². The number of hydrogen-bond acceptors (Lipinski definition) is 4. The summed E-state index contributed by atoms with van der Waals surface area (Å²) in [6.07, 6.45) is 1.52. The first-order chi connectivity index (χ1) is 9.51. The van der Waals surface area contributed by atoms with E-state index in [1.807, 2.05) is 19.2 Å².